The highest BCUT2D eigenvalue weighted by molar-refractivity contribution is 5.92. The summed E-state index contributed by atoms with van der Waals surface area (Å²) in [7, 11) is 0. The van der Waals surface area contributed by atoms with Crippen LogP contribution >= 0.6 is 0 Å². The lowest BCUT2D eigenvalue weighted by atomic mass is 10.1. The van der Waals surface area contributed by atoms with Gasteiger partial charge in [0.2, 0.25) is 5.91 Å². The van der Waals surface area contributed by atoms with Crippen molar-refractivity contribution in [1.29, 1.82) is 0 Å². The van der Waals surface area contributed by atoms with Gasteiger partial charge in [-0.2, -0.15) is 0 Å². The smallest absolute Gasteiger partial charge is 0.248 e. The minimum atomic E-state index is -0.451. The molecule has 0 unspecified atom stereocenters. The molecular weight excluding hydrogens is 154 g/mol. The second-order valence-corrected chi connectivity index (χ2v) is 2.43. The van der Waals surface area contributed by atoms with Crippen molar-refractivity contribution in [2.24, 2.45) is 5.73 Å². The molecule has 12 heavy (non-hydrogen) atoms. The maximum atomic E-state index is 10.6. The van der Waals surface area contributed by atoms with Gasteiger partial charge in [0.1, 0.15) is 6.29 Å². The zero-order valence-corrected chi connectivity index (χ0v) is 6.49. The van der Waals surface area contributed by atoms with Crippen molar-refractivity contribution in [1.82, 2.24) is 0 Å². The average molecular weight is 163 g/mol. The van der Waals surface area contributed by atoms with Crippen molar-refractivity contribution in [3.8, 4) is 0 Å². The van der Waals surface area contributed by atoms with Crippen molar-refractivity contribution in [3.63, 3.8) is 0 Å². The number of rotatable bonds is 3. The fourth-order valence-corrected chi connectivity index (χ4v) is 0.901. The third kappa shape index (κ3) is 1.92. The Labute approximate surface area is 70.2 Å². The van der Waals surface area contributed by atoms with Crippen LogP contribution < -0.4 is 5.73 Å². The lowest BCUT2D eigenvalue weighted by molar-refractivity contribution is -0.107. The van der Waals surface area contributed by atoms with Crippen LogP contribution in [0.5, 0.6) is 0 Å². The highest BCUT2D eigenvalue weighted by Crippen LogP contribution is 2.03. The molecule has 62 valence electrons. The van der Waals surface area contributed by atoms with Gasteiger partial charge in [0.15, 0.2) is 0 Å². The van der Waals surface area contributed by atoms with Gasteiger partial charge in [0.25, 0.3) is 0 Å². The third-order valence-corrected chi connectivity index (χ3v) is 1.56. The molecule has 0 atom stereocenters. The number of primary amides is 1. The molecule has 0 aliphatic carbocycles. The van der Waals surface area contributed by atoms with Gasteiger partial charge in [-0.25, -0.2) is 0 Å². The van der Waals surface area contributed by atoms with Crippen molar-refractivity contribution >= 4 is 12.2 Å². The lowest BCUT2D eigenvalue weighted by Gasteiger charge is -1.96. The Bertz CT molecular complexity index is 290. The minimum Gasteiger partial charge on any atom is -0.366 e. The van der Waals surface area contributed by atoms with E-state index in [1.165, 1.54) is 0 Å². The molecule has 0 saturated carbocycles. The maximum absolute atomic E-state index is 10.6. The Morgan fingerprint density at radius 1 is 1.33 bits per heavy atom. The van der Waals surface area contributed by atoms with Crippen LogP contribution in [0, 0.1) is 0 Å². The van der Waals surface area contributed by atoms with Crippen LogP contribution in [0.15, 0.2) is 24.3 Å². The standard InChI is InChI=1S/C9H9NO2/c10-9(12)8-3-1-7(2-4-8)5-6-11/h1-4,6H,5H2,(H2,10,12). The van der Waals surface area contributed by atoms with Crippen molar-refractivity contribution in [2.45, 2.75) is 6.42 Å². The molecule has 0 aliphatic rings. The van der Waals surface area contributed by atoms with Gasteiger partial charge in [0.05, 0.1) is 0 Å². The largest absolute Gasteiger partial charge is 0.366 e. The number of hydrogen-bond donors (Lipinski definition) is 1. The summed E-state index contributed by atoms with van der Waals surface area (Å²) >= 11 is 0. The fourth-order valence-electron chi connectivity index (χ4n) is 0.901. The van der Waals surface area contributed by atoms with Crippen LogP contribution in [0.2, 0.25) is 0 Å². The first-order chi connectivity index (χ1) is 5.74. The SMILES string of the molecule is NC(=O)c1ccc(CC=O)cc1. The van der Waals surface area contributed by atoms with Gasteiger partial charge in [-0.15, -0.1) is 0 Å². The summed E-state index contributed by atoms with van der Waals surface area (Å²) in [5.41, 5.74) is 6.38. The summed E-state index contributed by atoms with van der Waals surface area (Å²) in [6, 6.07) is 6.66. The predicted octanol–water partition coefficient (Wildman–Crippen LogP) is 0.527. The van der Waals surface area contributed by atoms with E-state index in [9.17, 15) is 9.59 Å². The first-order valence-electron chi connectivity index (χ1n) is 3.56. The van der Waals surface area contributed by atoms with E-state index in [0.29, 0.717) is 12.0 Å². The van der Waals surface area contributed by atoms with Gasteiger partial charge in [0, 0.05) is 12.0 Å². The van der Waals surface area contributed by atoms with Gasteiger partial charge in [-0.3, -0.25) is 4.79 Å². The molecule has 3 nitrogen and oxygen atoms in total. The summed E-state index contributed by atoms with van der Waals surface area (Å²) in [5, 5.41) is 0. The summed E-state index contributed by atoms with van der Waals surface area (Å²) < 4.78 is 0. The summed E-state index contributed by atoms with van der Waals surface area (Å²) in [4.78, 5) is 20.7. The Morgan fingerprint density at radius 3 is 2.33 bits per heavy atom. The second-order valence-electron chi connectivity index (χ2n) is 2.43. The Morgan fingerprint density at radius 2 is 1.92 bits per heavy atom. The van der Waals surface area contributed by atoms with Crippen molar-refractivity contribution in [3.05, 3.63) is 35.4 Å². The molecule has 2 N–H and O–H groups in total. The molecule has 0 spiro atoms. The molecular formula is C9H9NO2. The van der Waals surface area contributed by atoms with Gasteiger partial charge in [-0.05, 0) is 17.7 Å². The molecule has 1 aromatic carbocycles. The highest BCUT2D eigenvalue weighted by Gasteiger charge is 1.98. The van der Waals surface area contributed by atoms with E-state index in [2.05, 4.69) is 0 Å². The molecule has 0 bridgehead atoms. The topological polar surface area (TPSA) is 60.2 Å². The Balaban J connectivity index is 2.85. The number of amides is 1. The molecule has 0 aromatic heterocycles. The van der Waals surface area contributed by atoms with Crippen LogP contribution in [0.25, 0.3) is 0 Å². The second kappa shape index (κ2) is 3.67. The number of benzene rings is 1. The molecule has 0 heterocycles. The fraction of sp³-hybridized carbons (Fsp3) is 0.111. The highest BCUT2D eigenvalue weighted by atomic mass is 16.1. The molecule has 0 aliphatic heterocycles. The minimum absolute atomic E-state index is 0.374. The molecule has 1 aromatic rings. The maximum Gasteiger partial charge on any atom is 0.248 e. The third-order valence-electron chi connectivity index (χ3n) is 1.56. The zero-order chi connectivity index (χ0) is 8.97. The van der Waals surface area contributed by atoms with Gasteiger partial charge >= 0.3 is 0 Å². The van der Waals surface area contributed by atoms with Crippen molar-refractivity contribution in [2.75, 3.05) is 0 Å². The summed E-state index contributed by atoms with van der Waals surface area (Å²) in [6.07, 6.45) is 1.19. The van der Waals surface area contributed by atoms with Crippen LogP contribution in [-0.2, 0) is 11.2 Å². The van der Waals surface area contributed by atoms with E-state index >= 15 is 0 Å². The van der Waals surface area contributed by atoms with E-state index in [-0.39, 0.29) is 0 Å². The lowest BCUT2D eigenvalue weighted by Crippen LogP contribution is -2.10. The zero-order valence-electron chi connectivity index (χ0n) is 6.49. The molecule has 1 rings (SSSR count). The van der Waals surface area contributed by atoms with Crippen LogP contribution in [0.4, 0.5) is 0 Å². The van der Waals surface area contributed by atoms with E-state index in [0.717, 1.165) is 11.8 Å². The number of hydrogen-bond acceptors (Lipinski definition) is 2. The van der Waals surface area contributed by atoms with Gasteiger partial charge < -0.3 is 10.5 Å². The van der Waals surface area contributed by atoms with Gasteiger partial charge in [-0.1, -0.05) is 12.1 Å². The number of carbonyl (C=O) groups excluding carboxylic acids is 2. The van der Waals surface area contributed by atoms with Crippen LogP contribution in [0.1, 0.15) is 15.9 Å². The average Bonchev–Trinajstić information content (AvgIpc) is 2.06. The molecule has 1 amide bonds. The summed E-state index contributed by atoms with van der Waals surface area (Å²) in [5.74, 6) is -0.451. The van der Waals surface area contributed by atoms with E-state index < -0.39 is 5.91 Å². The molecule has 0 radical (unpaired) electrons. The van der Waals surface area contributed by atoms with Crippen molar-refractivity contribution < 1.29 is 9.59 Å². The van der Waals surface area contributed by atoms with E-state index in [1.54, 1.807) is 24.3 Å². The Kier molecular flexibility index (Phi) is 2.58. The first-order valence-corrected chi connectivity index (χ1v) is 3.56. The number of carbonyl (C=O) groups is 2. The summed E-state index contributed by atoms with van der Waals surface area (Å²) in [6.45, 7) is 0. The number of aldehydes is 1. The van der Waals surface area contributed by atoms with Crippen LogP contribution in [-0.4, -0.2) is 12.2 Å². The van der Waals surface area contributed by atoms with E-state index in [4.69, 9.17) is 5.73 Å². The first kappa shape index (κ1) is 8.46. The molecule has 0 saturated heterocycles. The quantitative estimate of drug-likeness (QED) is 0.660. The Hall–Kier alpha value is -1.64. The van der Waals surface area contributed by atoms with E-state index in [1.807, 2.05) is 0 Å². The molecule has 0 fully saturated rings. The normalized spacial score (nSPS) is 9.33. The predicted molar refractivity (Wildman–Crippen MR) is 44.7 cm³/mol. The molecule has 3 heteroatoms. The number of nitrogens with two attached hydrogens (primary N) is 1. The monoisotopic (exact) mass is 163 g/mol. The van der Waals surface area contributed by atoms with Crippen LogP contribution in [0.3, 0.4) is 0 Å².